The summed E-state index contributed by atoms with van der Waals surface area (Å²) < 4.78 is 14.9. The van der Waals surface area contributed by atoms with Gasteiger partial charge in [0.25, 0.3) is 0 Å². The van der Waals surface area contributed by atoms with Crippen molar-refractivity contribution in [2.24, 2.45) is 0 Å². The number of carbonyl (C=O) groups is 1. The van der Waals surface area contributed by atoms with Crippen molar-refractivity contribution >= 4 is 5.97 Å². The van der Waals surface area contributed by atoms with E-state index in [-0.39, 0.29) is 12.6 Å². The van der Waals surface area contributed by atoms with Crippen molar-refractivity contribution < 1.29 is 19.0 Å². The van der Waals surface area contributed by atoms with Gasteiger partial charge < -0.3 is 19.5 Å². The number of hydrogen-bond acceptors (Lipinski definition) is 5. The van der Waals surface area contributed by atoms with E-state index < -0.39 is 0 Å². The Morgan fingerprint density at radius 1 is 1.29 bits per heavy atom. The van der Waals surface area contributed by atoms with Crippen molar-refractivity contribution in [3.8, 4) is 0 Å². The molecule has 100 valence electrons. The van der Waals surface area contributed by atoms with Gasteiger partial charge in [-0.1, -0.05) is 6.42 Å². The molecule has 5 heteroatoms. The van der Waals surface area contributed by atoms with Crippen molar-refractivity contribution in [3.63, 3.8) is 0 Å². The molecule has 1 fully saturated rings. The number of methoxy groups -OCH3 is 1. The van der Waals surface area contributed by atoms with Crippen molar-refractivity contribution in [1.82, 2.24) is 5.32 Å². The largest absolute Gasteiger partial charge is 0.464 e. The van der Waals surface area contributed by atoms with Crippen LogP contribution in [0.4, 0.5) is 0 Å². The zero-order chi connectivity index (χ0) is 12.3. The summed E-state index contributed by atoms with van der Waals surface area (Å²) in [4.78, 5) is 11.2. The van der Waals surface area contributed by atoms with E-state index in [1.165, 1.54) is 19.3 Å². The third-order valence-corrected chi connectivity index (χ3v) is 2.79. The highest BCUT2D eigenvalue weighted by Gasteiger charge is 2.12. The summed E-state index contributed by atoms with van der Waals surface area (Å²) in [6.45, 7) is 2.50. The lowest BCUT2D eigenvalue weighted by Crippen LogP contribution is -2.35. The second kappa shape index (κ2) is 9.39. The molecule has 0 spiro atoms. The second-order valence-corrected chi connectivity index (χ2v) is 4.20. The van der Waals surface area contributed by atoms with Gasteiger partial charge in [0, 0.05) is 13.2 Å². The molecule has 0 bridgehead atoms. The van der Waals surface area contributed by atoms with Crippen LogP contribution in [0.2, 0.25) is 0 Å². The van der Waals surface area contributed by atoms with Crippen molar-refractivity contribution in [1.29, 1.82) is 0 Å². The second-order valence-electron chi connectivity index (χ2n) is 4.20. The molecule has 0 aliphatic carbocycles. The number of ether oxygens (including phenoxy) is 3. The fourth-order valence-corrected chi connectivity index (χ4v) is 1.82. The molecule has 0 radical (unpaired) electrons. The van der Waals surface area contributed by atoms with Crippen LogP contribution in [0.5, 0.6) is 0 Å². The van der Waals surface area contributed by atoms with Gasteiger partial charge in [-0.3, -0.25) is 0 Å². The van der Waals surface area contributed by atoms with Gasteiger partial charge in [-0.15, -0.1) is 0 Å². The van der Waals surface area contributed by atoms with E-state index >= 15 is 0 Å². The van der Waals surface area contributed by atoms with Crippen LogP contribution in [0, 0.1) is 0 Å². The van der Waals surface area contributed by atoms with E-state index in [1.807, 2.05) is 0 Å². The summed E-state index contributed by atoms with van der Waals surface area (Å²) in [5.41, 5.74) is 0. The lowest BCUT2D eigenvalue weighted by molar-refractivity contribution is -0.149. The molecule has 1 aliphatic heterocycles. The first-order chi connectivity index (χ1) is 8.33. The molecule has 1 aliphatic rings. The minimum Gasteiger partial charge on any atom is -0.464 e. The topological polar surface area (TPSA) is 56.8 Å². The summed E-state index contributed by atoms with van der Waals surface area (Å²) in [5.74, 6) is -0.295. The highest BCUT2D eigenvalue weighted by molar-refractivity contribution is 5.70. The normalized spacial score (nSPS) is 20.2. The SMILES string of the molecule is COCCOCC(=O)OCCC1CCCCN1. The first-order valence-corrected chi connectivity index (χ1v) is 6.28. The molecule has 0 saturated carbocycles. The Morgan fingerprint density at radius 2 is 2.18 bits per heavy atom. The zero-order valence-corrected chi connectivity index (χ0v) is 10.6. The van der Waals surface area contributed by atoms with E-state index in [0.29, 0.717) is 25.9 Å². The van der Waals surface area contributed by atoms with Crippen LogP contribution < -0.4 is 5.32 Å². The molecule has 1 saturated heterocycles. The first-order valence-electron chi connectivity index (χ1n) is 6.28. The van der Waals surface area contributed by atoms with E-state index in [4.69, 9.17) is 14.2 Å². The number of nitrogens with one attached hydrogen (secondary N) is 1. The monoisotopic (exact) mass is 245 g/mol. The van der Waals surface area contributed by atoms with Crippen LogP contribution in [0.25, 0.3) is 0 Å². The Morgan fingerprint density at radius 3 is 2.88 bits per heavy atom. The standard InChI is InChI=1S/C12H23NO4/c1-15-8-9-16-10-12(14)17-7-5-11-4-2-3-6-13-11/h11,13H,2-10H2,1H3. The molecule has 1 rings (SSSR count). The third kappa shape index (κ3) is 7.31. The quantitative estimate of drug-likeness (QED) is 0.504. The average Bonchev–Trinajstić information content (AvgIpc) is 2.36. The van der Waals surface area contributed by atoms with Crippen LogP contribution >= 0.6 is 0 Å². The smallest absolute Gasteiger partial charge is 0.332 e. The Bertz CT molecular complexity index is 205. The summed E-state index contributed by atoms with van der Waals surface area (Å²) in [6, 6.07) is 0.506. The molecule has 0 aromatic rings. The van der Waals surface area contributed by atoms with Gasteiger partial charge in [0.2, 0.25) is 0 Å². The number of carbonyl (C=O) groups excluding carboxylic acids is 1. The highest BCUT2D eigenvalue weighted by Crippen LogP contribution is 2.09. The Hall–Kier alpha value is -0.650. The molecule has 0 aromatic carbocycles. The van der Waals surface area contributed by atoms with E-state index in [9.17, 15) is 4.79 Å². The van der Waals surface area contributed by atoms with Crippen LogP contribution in [0.3, 0.4) is 0 Å². The van der Waals surface area contributed by atoms with Gasteiger partial charge in [-0.05, 0) is 25.8 Å². The average molecular weight is 245 g/mol. The summed E-state index contributed by atoms with van der Waals surface area (Å²) in [7, 11) is 1.60. The zero-order valence-electron chi connectivity index (χ0n) is 10.6. The molecule has 17 heavy (non-hydrogen) atoms. The van der Waals surface area contributed by atoms with E-state index in [2.05, 4.69) is 5.32 Å². The molecule has 1 heterocycles. The van der Waals surface area contributed by atoms with Gasteiger partial charge in [-0.25, -0.2) is 4.79 Å². The number of piperidine rings is 1. The van der Waals surface area contributed by atoms with Gasteiger partial charge in [0.15, 0.2) is 0 Å². The fraction of sp³-hybridized carbons (Fsp3) is 0.917. The van der Waals surface area contributed by atoms with Gasteiger partial charge in [-0.2, -0.15) is 0 Å². The minimum atomic E-state index is -0.295. The Labute approximate surface area is 103 Å². The predicted molar refractivity (Wildman–Crippen MR) is 63.9 cm³/mol. The fourth-order valence-electron chi connectivity index (χ4n) is 1.82. The third-order valence-electron chi connectivity index (χ3n) is 2.79. The number of hydrogen-bond donors (Lipinski definition) is 1. The van der Waals surface area contributed by atoms with Crippen LogP contribution in [-0.4, -0.2) is 52.1 Å². The van der Waals surface area contributed by atoms with Crippen molar-refractivity contribution in [3.05, 3.63) is 0 Å². The highest BCUT2D eigenvalue weighted by atomic mass is 16.6. The summed E-state index contributed by atoms with van der Waals surface area (Å²) in [5, 5.41) is 3.41. The molecule has 0 aromatic heterocycles. The van der Waals surface area contributed by atoms with Crippen LogP contribution in [0.1, 0.15) is 25.7 Å². The molecule has 1 unspecified atom stereocenters. The van der Waals surface area contributed by atoms with Crippen molar-refractivity contribution in [2.45, 2.75) is 31.7 Å². The van der Waals surface area contributed by atoms with E-state index in [0.717, 1.165) is 13.0 Å². The van der Waals surface area contributed by atoms with Gasteiger partial charge in [0.05, 0.1) is 19.8 Å². The minimum absolute atomic E-state index is 0.0153. The van der Waals surface area contributed by atoms with Crippen molar-refractivity contribution in [2.75, 3.05) is 40.1 Å². The number of esters is 1. The maximum atomic E-state index is 11.2. The molecule has 0 amide bonds. The molecule has 1 N–H and O–H groups in total. The van der Waals surface area contributed by atoms with E-state index in [1.54, 1.807) is 7.11 Å². The number of rotatable bonds is 8. The van der Waals surface area contributed by atoms with Gasteiger partial charge in [0.1, 0.15) is 6.61 Å². The maximum absolute atomic E-state index is 11.2. The summed E-state index contributed by atoms with van der Waals surface area (Å²) in [6.07, 6.45) is 4.60. The van der Waals surface area contributed by atoms with Crippen LogP contribution in [-0.2, 0) is 19.0 Å². The Kier molecular flexibility index (Phi) is 7.96. The lowest BCUT2D eigenvalue weighted by Gasteiger charge is -2.23. The molecule has 1 atom stereocenters. The molecule has 5 nitrogen and oxygen atoms in total. The lowest BCUT2D eigenvalue weighted by atomic mass is 10.0. The molecular weight excluding hydrogens is 222 g/mol. The first kappa shape index (κ1) is 14.4. The summed E-state index contributed by atoms with van der Waals surface area (Å²) >= 11 is 0. The Balaban J connectivity index is 1.92. The molecular formula is C12H23NO4. The predicted octanol–water partition coefficient (Wildman–Crippen LogP) is 0.725. The van der Waals surface area contributed by atoms with Crippen LogP contribution in [0.15, 0.2) is 0 Å². The van der Waals surface area contributed by atoms with Gasteiger partial charge >= 0.3 is 5.97 Å². The maximum Gasteiger partial charge on any atom is 0.332 e.